The van der Waals surface area contributed by atoms with E-state index in [9.17, 15) is 0 Å². The van der Waals surface area contributed by atoms with Gasteiger partial charge in [0.2, 0.25) is 0 Å². The summed E-state index contributed by atoms with van der Waals surface area (Å²) in [5, 5.41) is 0. The molecule has 1 aromatic carbocycles. The van der Waals surface area contributed by atoms with Crippen molar-refractivity contribution in [2.75, 3.05) is 24.6 Å². The maximum absolute atomic E-state index is 5.44. The van der Waals surface area contributed by atoms with Crippen LogP contribution in [0.5, 0.6) is 0 Å². The highest BCUT2D eigenvalue weighted by Gasteiger charge is 2.30. The van der Waals surface area contributed by atoms with E-state index < -0.39 is 0 Å². The van der Waals surface area contributed by atoms with E-state index in [1.807, 2.05) is 0 Å². The van der Waals surface area contributed by atoms with E-state index in [-0.39, 0.29) is 0 Å². The van der Waals surface area contributed by atoms with Crippen LogP contribution in [-0.4, -0.2) is 25.8 Å². The first kappa shape index (κ1) is 15.0. The topological polar surface area (TPSA) is 15.8 Å². The van der Waals surface area contributed by atoms with E-state index >= 15 is 0 Å². The number of anilines is 1. The molecule has 0 bridgehead atoms. The Morgan fingerprint density at radius 2 is 1.91 bits per heavy atom. The van der Waals surface area contributed by atoms with E-state index in [1.54, 1.807) is 0 Å². The third-order valence-corrected chi connectivity index (χ3v) is 5.10. The zero-order chi connectivity index (χ0) is 15.6. The lowest BCUT2D eigenvalue weighted by Crippen LogP contribution is -2.29. The van der Waals surface area contributed by atoms with E-state index in [0.717, 1.165) is 25.5 Å². The minimum atomic E-state index is 0.466. The van der Waals surface area contributed by atoms with Gasteiger partial charge in [-0.3, -0.25) is 0 Å². The summed E-state index contributed by atoms with van der Waals surface area (Å²) in [5.74, 6) is 1.61. The highest BCUT2D eigenvalue weighted by molar-refractivity contribution is 5.49. The molecule has 0 N–H and O–H groups in total. The fraction of sp³-hybridized carbons (Fsp3) is 0.524. The van der Waals surface area contributed by atoms with Crippen molar-refractivity contribution in [3.8, 4) is 0 Å². The molecular formula is C21H27NO. The van der Waals surface area contributed by atoms with Gasteiger partial charge in [0.05, 0.1) is 12.7 Å². The summed E-state index contributed by atoms with van der Waals surface area (Å²) in [6.45, 7) is 5.47. The third kappa shape index (κ3) is 4.26. The number of ether oxygens (including phenoxy) is 1. The van der Waals surface area contributed by atoms with Crippen LogP contribution >= 0.6 is 0 Å². The number of allylic oxidation sites excluding steroid dienone is 4. The van der Waals surface area contributed by atoms with Gasteiger partial charge in [0, 0.05) is 18.8 Å². The van der Waals surface area contributed by atoms with Crippen LogP contribution in [0.2, 0.25) is 0 Å². The first-order valence-electron chi connectivity index (χ1n) is 9.09. The lowest BCUT2D eigenvalue weighted by atomic mass is 9.94. The maximum Gasteiger partial charge on any atom is 0.0984 e. The summed E-state index contributed by atoms with van der Waals surface area (Å²) in [5.41, 5.74) is 4.23. The van der Waals surface area contributed by atoms with Crippen molar-refractivity contribution in [3.63, 3.8) is 0 Å². The van der Waals surface area contributed by atoms with Gasteiger partial charge in [-0.15, -0.1) is 0 Å². The summed E-state index contributed by atoms with van der Waals surface area (Å²) < 4.78 is 5.44. The minimum Gasteiger partial charge on any atom is -0.371 e. The zero-order valence-corrected chi connectivity index (χ0v) is 14.1. The molecule has 0 radical (unpaired) electrons. The molecular weight excluding hydrogens is 282 g/mol. The van der Waals surface area contributed by atoms with E-state index in [2.05, 4.69) is 54.3 Å². The number of rotatable bonds is 7. The van der Waals surface area contributed by atoms with Gasteiger partial charge in [-0.05, 0) is 60.8 Å². The summed E-state index contributed by atoms with van der Waals surface area (Å²) in [6, 6.07) is 9.21. The van der Waals surface area contributed by atoms with Crippen molar-refractivity contribution in [2.45, 2.75) is 38.7 Å². The van der Waals surface area contributed by atoms with Crippen LogP contribution in [0.1, 0.15) is 31.7 Å². The van der Waals surface area contributed by atoms with Gasteiger partial charge in [-0.1, -0.05) is 37.3 Å². The van der Waals surface area contributed by atoms with E-state index in [4.69, 9.17) is 4.74 Å². The van der Waals surface area contributed by atoms with Crippen LogP contribution in [0.25, 0.3) is 0 Å². The van der Waals surface area contributed by atoms with Gasteiger partial charge in [0.25, 0.3) is 0 Å². The number of epoxide rings is 1. The van der Waals surface area contributed by atoms with Gasteiger partial charge < -0.3 is 9.64 Å². The Morgan fingerprint density at radius 3 is 2.52 bits per heavy atom. The quantitative estimate of drug-likeness (QED) is 0.695. The van der Waals surface area contributed by atoms with Crippen molar-refractivity contribution in [1.82, 2.24) is 0 Å². The highest BCUT2D eigenvalue weighted by Crippen LogP contribution is 2.32. The second-order valence-electron chi connectivity index (χ2n) is 7.50. The molecule has 4 rings (SSSR count). The monoisotopic (exact) mass is 309 g/mol. The molecule has 3 aliphatic rings. The van der Waals surface area contributed by atoms with Crippen LogP contribution in [0.15, 0.2) is 48.1 Å². The lowest BCUT2D eigenvalue weighted by Gasteiger charge is -2.24. The Kier molecular flexibility index (Phi) is 4.26. The predicted molar refractivity (Wildman–Crippen MR) is 95.8 cm³/mol. The summed E-state index contributed by atoms with van der Waals surface area (Å²) in [7, 11) is 0. The Balaban J connectivity index is 1.40. The van der Waals surface area contributed by atoms with Gasteiger partial charge in [-0.2, -0.15) is 0 Å². The van der Waals surface area contributed by atoms with Gasteiger partial charge in [0.1, 0.15) is 0 Å². The molecule has 2 nitrogen and oxygen atoms in total. The SMILES string of the molecule is CC1C=CC(Cc2ccc(N(CC3CC3)CC3CO3)cc2)=CC1. The van der Waals surface area contributed by atoms with Crippen molar-refractivity contribution in [2.24, 2.45) is 11.8 Å². The fourth-order valence-corrected chi connectivity index (χ4v) is 3.28. The molecule has 2 aliphatic carbocycles. The van der Waals surface area contributed by atoms with Gasteiger partial charge in [0.15, 0.2) is 0 Å². The largest absolute Gasteiger partial charge is 0.371 e. The Morgan fingerprint density at radius 1 is 1.13 bits per heavy atom. The molecule has 2 unspecified atom stereocenters. The molecule has 0 aromatic heterocycles. The van der Waals surface area contributed by atoms with Gasteiger partial charge >= 0.3 is 0 Å². The molecule has 2 fully saturated rings. The van der Waals surface area contributed by atoms with Crippen LogP contribution in [0.4, 0.5) is 5.69 Å². The highest BCUT2D eigenvalue weighted by atomic mass is 16.6. The maximum atomic E-state index is 5.44. The van der Waals surface area contributed by atoms with Gasteiger partial charge in [-0.25, -0.2) is 0 Å². The van der Waals surface area contributed by atoms with Crippen molar-refractivity contribution in [1.29, 1.82) is 0 Å². The Bertz CT molecular complexity index is 579. The Hall–Kier alpha value is -1.54. The van der Waals surface area contributed by atoms with E-state index in [0.29, 0.717) is 12.0 Å². The van der Waals surface area contributed by atoms with E-state index in [1.165, 1.54) is 42.6 Å². The molecule has 0 amide bonds. The first-order valence-corrected chi connectivity index (χ1v) is 9.09. The summed E-state index contributed by atoms with van der Waals surface area (Å²) in [4.78, 5) is 2.53. The minimum absolute atomic E-state index is 0.466. The smallest absolute Gasteiger partial charge is 0.0984 e. The number of benzene rings is 1. The van der Waals surface area contributed by atoms with Crippen LogP contribution < -0.4 is 4.90 Å². The fourth-order valence-electron chi connectivity index (χ4n) is 3.28. The summed E-state index contributed by atoms with van der Waals surface area (Å²) in [6.07, 6.45) is 12.5. The lowest BCUT2D eigenvalue weighted by molar-refractivity contribution is 0.406. The average molecular weight is 309 g/mol. The molecule has 2 heteroatoms. The standard InChI is InChI=1S/C21H27NO/c1-16-2-4-17(5-3-16)12-18-8-10-20(11-9-18)22(13-19-6-7-19)14-21-15-23-21/h2,4-5,8-11,16,19,21H,3,6-7,12-15H2,1H3. The normalized spacial score (nSPS) is 26.0. The molecule has 23 heavy (non-hydrogen) atoms. The molecule has 1 saturated heterocycles. The third-order valence-electron chi connectivity index (χ3n) is 5.10. The molecule has 0 spiro atoms. The number of hydrogen-bond donors (Lipinski definition) is 0. The van der Waals surface area contributed by atoms with Crippen LogP contribution in [-0.2, 0) is 11.2 Å². The average Bonchev–Trinajstić information content (AvgIpc) is 3.46. The molecule has 1 saturated carbocycles. The molecule has 122 valence electrons. The predicted octanol–water partition coefficient (Wildman–Crippen LogP) is 4.37. The number of hydrogen-bond acceptors (Lipinski definition) is 2. The summed E-state index contributed by atoms with van der Waals surface area (Å²) >= 11 is 0. The molecule has 1 aromatic rings. The molecule has 1 aliphatic heterocycles. The van der Waals surface area contributed by atoms with Crippen molar-refractivity contribution < 1.29 is 4.74 Å². The zero-order valence-electron chi connectivity index (χ0n) is 14.1. The second-order valence-corrected chi connectivity index (χ2v) is 7.50. The van der Waals surface area contributed by atoms with Crippen molar-refractivity contribution >= 4 is 5.69 Å². The van der Waals surface area contributed by atoms with Crippen LogP contribution in [0, 0.1) is 11.8 Å². The van der Waals surface area contributed by atoms with Crippen LogP contribution in [0.3, 0.4) is 0 Å². The number of nitrogens with zero attached hydrogens (tertiary/aromatic N) is 1. The second kappa shape index (κ2) is 6.52. The molecule has 1 heterocycles. The first-order chi connectivity index (χ1) is 11.3. The Labute approximate surface area is 139 Å². The van der Waals surface area contributed by atoms with Crippen molar-refractivity contribution in [3.05, 3.63) is 53.6 Å². The molecule has 2 atom stereocenters.